The van der Waals surface area contributed by atoms with Crippen molar-refractivity contribution in [2.24, 2.45) is 5.92 Å². The van der Waals surface area contributed by atoms with Gasteiger partial charge in [-0.1, -0.05) is 47.8 Å². The van der Waals surface area contributed by atoms with Crippen LogP contribution in [0.4, 0.5) is 0 Å². The third-order valence-electron chi connectivity index (χ3n) is 2.90. The maximum absolute atomic E-state index is 12.3. The van der Waals surface area contributed by atoms with Crippen LogP contribution in [0.2, 0.25) is 0 Å². The van der Waals surface area contributed by atoms with E-state index in [1.54, 1.807) is 0 Å². The van der Waals surface area contributed by atoms with E-state index in [4.69, 9.17) is 0 Å². The number of carbonyl (C=O) groups is 1. The minimum absolute atomic E-state index is 0.121. The molecule has 17 heavy (non-hydrogen) atoms. The average molecular weight is 426 g/mol. The summed E-state index contributed by atoms with van der Waals surface area (Å²) in [6.45, 7) is 1.72. The molecule has 0 N–H and O–H groups in total. The number of alkyl halides is 1. The topological polar surface area (TPSA) is 20.3 Å². The maximum atomic E-state index is 12.3. The van der Waals surface area contributed by atoms with Crippen molar-refractivity contribution < 1.29 is 4.79 Å². The molecule has 2 nitrogen and oxygen atoms in total. The van der Waals surface area contributed by atoms with Crippen LogP contribution >= 0.6 is 47.8 Å². The van der Waals surface area contributed by atoms with E-state index < -0.39 is 0 Å². The first-order valence-electron chi connectivity index (χ1n) is 5.41. The fourth-order valence-electron chi connectivity index (χ4n) is 2.00. The molecule has 1 heterocycles. The van der Waals surface area contributed by atoms with E-state index in [0.29, 0.717) is 5.92 Å². The summed E-state index contributed by atoms with van der Waals surface area (Å²) in [5, 5.41) is 0.971. The Balaban J connectivity index is 2.14. The fourth-order valence-corrected chi connectivity index (χ4v) is 3.83. The molecule has 1 atom stereocenters. The molecule has 0 spiro atoms. The highest BCUT2D eigenvalue weighted by molar-refractivity contribution is 9.11. The Morgan fingerprint density at radius 2 is 1.94 bits per heavy atom. The normalized spacial score (nSPS) is 19.7. The molecule has 0 aliphatic carbocycles. The molecule has 0 bridgehead atoms. The van der Waals surface area contributed by atoms with E-state index in [2.05, 4.69) is 47.8 Å². The molecule has 0 saturated carbocycles. The number of likely N-dealkylation sites (tertiary alicyclic amines) is 1. The molecule has 2 rings (SSSR count). The monoisotopic (exact) mass is 423 g/mol. The summed E-state index contributed by atoms with van der Waals surface area (Å²) in [5.74, 6) is 0.713. The van der Waals surface area contributed by atoms with Crippen LogP contribution in [0.3, 0.4) is 0 Å². The predicted octanol–water partition coefficient (Wildman–Crippen LogP) is 4.07. The number of benzene rings is 1. The van der Waals surface area contributed by atoms with Crippen molar-refractivity contribution in [3.05, 3.63) is 32.7 Å². The predicted molar refractivity (Wildman–Crippen MR) is 79.6 cm³/mol. The van der Waals surface area contributed by atoms with Crippen molar-refractivity contribution in [1.29, 1.82) is 0 Å². The Bertz CT molecular complexity index is 416. The van der Waals surface area contributed by atoms with Crippen molar-refractivity contribution in [3.63, 3.8) is 0 Å². The molecule has 92 valence electrons. The van der Waals surface area contributed by atoms with Crippen LogP contribution in [-0.4, -0.2) is 29.2 Å². The van der Waals surface area contributed by atoms with Crippen LogP contribution in [0, 0.1) is 5.92 Å². The summed E-state index contributed by atoms with van der Waals surface area (Å²) < 4.78 is 1.85. The third-order valence-corrected chi connectivity index (χ3v) is 4.73. The van der Waals surface area contributed by atoms with Crippen LogP contribution in [0.5, 0.6) is 0 Å². The van der Waals surface area contributed by atoms with Crippen molar-refractivity contribution in [2.75, 3.05) is 18.4 Å². The van der Waals surface area contributed by atoms with Gasteiger partial charge in [-0.05, 0) is 30.5 Å². The van der Waals surface area contributed by atoms with Crippen molar-refractivity contribution in [2.45, 2.75) is 6.42 Å². The largest absolute Gasteiger partial charge is 0.338 e. The van der Waals surface area contributed by atoms with Gasteiger partial charge >= 0.3 is 0 Å². The lowest BCUT2D eigenvalue weighted by molar-refractivity contribution is 0.0788. The summed E-state index contributed by atoms with van der Waals surface area (Å²) in [6.07, 6.45) is 1.09. The van der Waals surface area contributed by atoms with Gasteiger partial charge < -0.3 is 4.90 Å². The number of amides is 1. The molecule has 0 aromatic heterocycles. The number of rotatable bonds is 2. The first-order chi connectivity index (χ1) is 8.10. The Labute approximate surface area is 126 Å². The Hall–Kier alpha value is 0.130. The maximum Gasteiger partial charge on any atom is 0.253 e. The average Bonchev–Trinajstić information content (AvgIpc) is 2.75. The van der Waals surface area contributed by atoms with Gasteiger partial charge in [0.1, 0.15) is 0 Å². The molecule has 1 amide bonds. The standard InChI is InChI=1S/C12H12Br3NO/c13-6-8-1-2-16(7-8)12(17)9-3-10(14)5-11(15)4-9/h3-5,8H,1-2,6-7H2. The zero-order valence-electron chi connectivity index (χ0n) is 9.13. The molecule has 1 unspecified atom stereocenters. The van der Waals surface area contributed by atoms with Crippen LogP contribution in [0.15, 0.2) is 27.1 Å². The minimum Gasteiger partial charge on any atom is -0.338 e. The van der Waals surface area contributed by atoms with E-state index in [-0.39, 0.29) is 5.91 Å². The quantitative estimate of drug-likeness (QED) is 0.654. The summed E-state index contributed by atoms with van der Waals surface area (Å²) in [6, 6.07) is 5.67. The summed E-state index contributed by atoms with van der Waals surface area (Å²) in [7, 11) is 0. The van der Waals surface area contributed by atoms with Gasteiger partial charge in [-0.25, -0.2) is 0 Å². The van der Waals surface area contributed by atoms with Gasteiger partial charge in [0.2, 0.25) is 0 Å². The third kappa shape index (κ3) is 3.32. The second-order valence-corrected chi connectivity index (χ2v) is 6.70. The first kappa shape index (κ1) is 13.6. The van der Waals surface area contributed by atoms with Crippen LogP contribution in [-0.2, 0) is 0 Å². The number of hydrogen-bond acceptors (Lipinski definition) is 1. The van der Waals surface area contributed by atoms with E-state index in [9.17, 15) is 4.79 Å². The van der Waals surface area contributed by atoms with Crippen molar-refractivity contribution in [3.8, 4) is 0 Å². The summed E-state index contributed by atoms with van der Waals surface area (Å²) in [4.78, 5) is 14.2. The highest BCUT2D eigenvalue weighted by Gasteiger charge is 2.26. The molecule has 1 aliphatic rings. The van der Waals surface area contributed by atoms with Gasteiger partial charge in [0.05, 0.1) is 0 Å². The van der Waals surface area contributed by atoms with Crippen molar-refractivity contribution in [1.82, 2.24) is 4.90 Å². The highest BCUT2D eigenvalue weighted by Crippen LogP contribution is 2.24. The molecule has 1 aromatic carbocycles. The number of hydrogen-bond donors (Lipinski definition) is 0. The molecule has 1 aliphatic heterocycles. The Morgan fingerprint density at radius 1 is 1.29 bits per heavy atom. The van der Waals surface area contributed by atoms with Gasteiger partial charge in [-0.3, -0.25) is 4.79 Å². The van der Waals surface area contributed by atoms with Crippen LogP contribution < -0.4 is 0 Å². The van der Waals surface area contributed by atoms with Gasteiger partial charge in [-0.15, -0.1) is 0 Å². The van der Waals surface area contributed by atoms with Gasteiger partial charge in [0.25, 0.3) is 5.91 Å². The smallest absolute Gasteiger partial charge is 0.253 e. The number of carbonyl (C=O) groups excluding carboxylic acids is 1. The minimum atomic E-state index is 0.121. The Morgan fingerprint density at radius 3 is 2.47 bits per heavy atom. The van der Waals surface area contributed by atoms with Crippen molar-refractivity contribution >= 4 is 53.7 Å². The van der Waals surface area contributed by atoms with Crippen LogP contribution in [0.1, 0.15) is 16.8 Å². The van der Waals surface area contributed by atoms with E-state index in [1.807, 2.05) is 23.1 Å². The number of nitrogens with zero attached hydrogens (tertiary/aromatic N) is 1. The molecule has 0 radical (unpaired) electrons. The summed E-state index contributed by atoms with van der Waals surface area (Å²) >= 11 is 10.3. The lowest BCUT2D eigenvalue weighted by Gasteiger charge is -2.16. The zero-order chi connectivity index (χ0) is 12.4. The number of halogens is 3. The second-order valence-electron chi connectivity index (χ2n) is 4.22. The lowest BCUT2D eigenvalue weighted by Crippen LogP contribution is -2.28. The molecule has 1 fully saturated rings. The Kier molecular flexibility index (Phi) is 4.66. The molecule has 1 aromatic rings. The molecule has 5 heteroatoms. The first-order valence-corrected chi connectivity index (χ1v) is 8.12. The van der Waals surface area contributed by atoms with E-state index in [1.165, 1.54) is 0 Å². The fraction of sp³-hybridized carbons (Fsp3) is 0.417. The van der Waals surface area contributed by atoms with Crippen LogP contribution in [0.25, 0.3) is 0 Å². The molecular weight excluding hydrogens is 414 g/mol. The highest BCUT2D eigenvalue weighted by atomic mass is 79.9. The van der Waals surface area contributed by atoms with Gasteiger partial charge in [0, 0.05) is 32.9 Å². The van der Waals surface area contributed by atoms with Gasteiger partial charge in [-0.2, -0.15) is 0 Å². The molecular formula is C12H12Br3NO. The van der Waals surface area contributed by atoms with E-state index >= 15 is 0 Å². The summed E-state index contributed by atoms with van der Waals surface area (Å²) in [5.41, 5.74) is 0.737. The van der Waals surface area contributed by atoms with E-state index in [0.717, 1.165) is 39.3 Å². The zero-order valence-corrected chi connectivity index (χ0v) is 13.9. The molecule has 1 saturated heterocycles. The lowest BCUT2D eigenvalue weighted by atomic mass is 10.2. The van der Waals surface area contributed by atoms with Gasteiger partial charge in [0.15, 0.2) is 0 Å². The SMILES string of the molecule is O=C(c1cc(Br)cc(Br)c1)N1CCC(CBr)C1. The second kappa shape index (κ2) is 5.85.